The van der Waals surface area contributed by atoms with Crippen LogP contribution in [0.25, 0.3) is 0 Å². The molecular formula is C19H18N2O. The molecule has 0 fully saturated rings. The third kappa shape index (κ3) is 3.26. The molecule has 3 aromatic rings. The van der Waals surface area contributed by atoms with Gasteiger partial charge in [-0.3, -0.25) is 4.98 Å². The molecule has 0 saturated heterocycles. The van der Waals surface area contributed by atoms with Crippen molar-refractivity contribution in [2.45, 2.75) is 6.04 Å². The largest absolute Gasteiger partial charge is 0.497 e. The maximum atomic E-state index is 5.24. The lowest BCUT2D eigenvalue weighted by molar-refractivity contribution is 0.414. The number of nitrogens with one attached hydrogen (secondary N) is 1. The second kappa shape index (κ2) is 6.76. The minimum absolute atomic E-state index is 0.0660. The van der Waals surface area contributed by atoms with Crippen LogP contribution < -0.4 is 10.1 Å². The highest BCUT2D eigenvalue weighted by Crippen LogP contribution is 2.27. The summed E-state index contributed by atoms with van der Waals surface area (Å²) in [5.41, 5.74) is 3.43. The van der Waals surface area contributed by atoms with Crippen LogP contribution in [0.15, 0.2) is 79.1 Å². The van der Waals surface area contributed by atoms with Crippen molar-refractivity contribution >= 4 is 5.69 Å². The molecule has 1 N–H and O–H groups in total. The smallest absolute Gasteiger partial charge is 0.118 e. The van der Waals surface area contributed by atoms with E-state index in [1.165, 1.54) is 11.1 Å². The summed E-state index contributed by atoms with van der Waals surface area (Å²) in [4.78, 5) is 4.11. The molecule has 1 aromatic heterocycles. The van der Waals surface area contributed by atoms with E-state index >= 15 is 0 Å². The van der Waals surface area contributed by atoms with Gasteiger partial charge in [0.2, 0.25) is 0 Å². The van der Waals surface area contributed by atoms with Crippen molar-refractivity contribution in [3.63, 3.8) is 0 Å². The molecule has 0 saturated carbocycles. The van der Waals surface area contributed by atoms with Crippen LogP contribution in [0.1, 0.15) is 17.2 Å². The van der Waals surface area contributed by atoms with E-state index in [0.29, 0.717) is 0 Å². The van der Waals surface area contributed by atoms with Gasteiger partial charge in [0.1, 0.15) is 5.75 Å². The molecule has 0 aliphatic carbocycles. The summed E-state index contributed by atoms with van der Waals surface area (Å²) in [7, 11) is 1.68. The van der Waals surface area contributed by atoms with Crippen LogP contribution in [0.5, 0.6) is 5.75 Å². The van der Waals surface area contributed by atoms with Crippen LogP contribution in [0.2, 0.25) is 0 Å². The SMILES string of the molecule is COc1ccc(C(Nc2ccccc2)c2ccncc2)cc1. The standard InChI is InChI=1S/C19H18N2O/c1-22-18-9-7-15(8-10-18)19(16-11-13-20-14-12-16)21-17-5-3-2-4-6-17/h2-14,19,21H,1H3. The van der Waals surface area contributed by atoms with Crippen molar-refractivity contribution in [1.82, 2.24) is 4.98 Å². The summed E-state index contributed by atoms with van der Waals surface area (Å²) in [6.07, 6.45) is 3.64. The van der Waals surface area contributed by atoms with Crippen LogP contribution in [-0.2, 0) is 0 Å². The third-order valence-corrected chi connectivity index (χ3v) is 3.57. The number of nitrogens with zero attached hydrogens (tertiary/aromatic N) is 1. The average Bonchev–Trinajstić information content (AvgIpc) is 2.61. The third-order valence-electron chi connectivity index (χ3n) is 3.57. The molecule has 0 bridgehead atoms. The fourth-order valence-corrected chi connectivity index (χ4v) is 2.41. The molecule has 0 radical (unpaired) electrons. The fourth-order valence-electron chi connectivity index (χ4n) is 2.41. The first-order valence-electron chi connectivity index (χ1n) is 7.22. The Labute approximate surface area is 130 Å². The zero-order valence-electron chi connectivity index (χ0n) is 12.4. The van der Waals surface area contributed by atoms with E-state index in [2.05, 4.69) is 34.6 Å². The van der Waals surface area contributed by atoms with Crippen molar-refractivity contribution in [3.8, 4) is 5.75 Å². The number of rotatable bonds is 5. The number of ether oxygens (including phenoxy) is 1. The van der Waals surface area contributed by atoms with Gasteiger partial charge in [-0.05, 0) is 47.5 Å². The topological polar surface area (TPSA) is 34.1 Å². The summed E-state index contributed by atoms with van der Waals surface area (Å²) >= 11 is 0. The number of hydrogen-bond donors (Lipinski definition) is 1. The van der Waals surface area contributed by atoms with E-state index in [4.69, 9.17) is 4.74 Å². The molecule has 3 nitrogen and oxygen atoms in total. The molecule has 1 atom stereocenters. The number of anilines is 1. The lowest BCUT2D eigenvalue weighted by atomic mass is 9.99. The molecule has 1 unspecified atom stereocenters. The number of aromatic nitrogens is 1. The van der Waals surface area contributed by atoms with E-state index in [1.54, 1.807) is 7.11 Å². The van der Waals surface area contributed by atoms with Gasteiger partial charge in [-0.25, -0.2) is 0 Å². The second-order valence-corrected chi connectivity index (χ2v) is 5.00. The maximum Gasteiger partial charge on any atom is 0.118 e. The van der Waals surface area contributed by atoms with E-state index in [0.717, 1.165) is 11.4 Å². The van der Waals surface area contributed by atoms with Crippen LogP contribution >= 0.6 is 0 Å². The Morgan fingerprint density at radius 1 is 0.818 bits per heavy atom. The monoisotopic (exact) mass is 290 g/mol. The second-order valence-electron chi connectivity index (χ2n) is 5.00. The predicted octanol–water partition coefficient (Wildman–Crippen LogP) is 4.29. The van der Waals surface area contributed by atoms with Gasteiger partial charge in [-0.2, -0.15) is 0 Å². The number of hydrogen-bond acceptors (Lipinski definition) is 3. The number of pyridine rings is 1. The molecular weight excluding hydrogens is 272 g/mol. The van der Waals surface area contributed by atoms with Gasteiger partial charge in [0.05, 0.1) is 13.2 Å². The van der Waals surface area contributed by atoms with E-state index in [-0.39, 0.29) is 6.04 Å². The highest BCUT2D eigenvalue weighted by atomic mass is 16.5. The summed E-state index contributed by atoms with van der Waals surface area (Å²) in [6, 6.07) is 22.5. The summed E-state index contributed by atoms with van der Waals surface area (Å²) in [6.45, 7) is 0. The van der Waals surface area contributed by atoms with Gasteiger partial charge in [0, 0.05) is 18.1 Å². The summed E-state index contributed by atoms with van der Waals surface area (Å²) < 4.78 is 5.24. The highest BCUT2D eigenvalue weighted by Gasteiger charge is 2.14. The van der Waals surface area contributed by atoms with Crippen LogP contribution in [0.3, 0.4) is 0 Å². The zero-order valence-corrected chi connectivity index (χ0v) is 12.4. The summed E-state index contributed by atoms with van der Waals surface area (Å²) in [5, 5.41) is 3.58. The number of para-hydroxylation sites is 1. The van der Waals surface area contributed by atoms with Crippen molar-refractivity contribution in [3.05, 3.63) is 90.3 Å². The minimum atomic E-state index is 0.0660. The van der Waals surface area contributed by atoms with Gasteiger partial charge in [-0.1, -0.05) is 30.3 Å². The van der Waals surface area contributed by atoms with Gasteiger partial charge >= 0.3 is 0 Å². The van der Waals surface area contributed by atoms with Crippen molar-refractivity contribution in [2.75, 3.05) is 12.4 Å². The predicted molar refractivity (Wildman–Crippen MR) is 89.1 cm³/mol. The quantitative estimate of drug-likeness (QED) is 0.761. The van der Waals surface area contributed by atoms with Crippen LogP contribution in [0.4, 0.5) is 5.69 Å². The Morgan fingerprint density at radius 3 is 2.09 bits per heavy atom. The summed E-state index contributed by atoms with van der Waals surface area (Å²) in [5.74, 6) is 0.858. The molecule has 1 heterocycles. The van der Waals surface area contributed by atoms with E-state index in [9.17, 15) is 0 Å². The zero-order chi connectivity index (χ0) is 15.2. The van der Waals surface area contributed by atoms with Gasteiger partial charge in [-0.15, -0.1) is 0 Å². The molecule has 110 valence electrons. The van der Waals surface area contributed by atoms with Crippen LogP contribution in [0, 0.1) is 0 Å². The van der Waals surface area contributed by atoms with Gasteiger partial charge in [0.15, 0.2) is 0 Å². The average molecular weight is 290 g/mol. The van der Waals surface area contributed by atoms with Crippen molar-refractivity contribution in [2.24, 2.45) is 0 Å². The Hall–Kier alpha value is -2.81. The lowest BCUT2D eigenvalue weighted by Crippen LogP contribution is -2.12. The van der Waals surface area contributed by atoms with Gasteiger partial charge in [0.25, 0.3) is 0 Å². The first-order valence-corrected chi connectivity index (χ1v) is 7.22. The fraction of sp³-hybridized carbons (Fsp3) is 0.105. The Balaban J connectivity index is 1.95. The molecule has 22 heavy (non-hydrogen) atoms. The molecule has 3 heteroatoms. The van der Waals surface area contributed by atoms with E-state index in [1.807, 2.05) is 54.9 Å². The number of methoxy groups -OCH3 is 1. The highest BCUT2D eigenvalue weighted by molar-refractivity contribution is 5.49. The molecule has 0 amide bonds. The first kappa shape index (κ1) is 14.1. The molecule has 2 aromatic carbocycles. The van der Waals surface area contributed by atoms with Crippen molar-refractivity contribution in [1.29, 1.82) is 0 Å². The van der Waals surface area contributed by atoms with Crippen molar-refractivity contribution < 1.29 is 4.74 Å². The van der Waals surface area contributed by atoms with Crippen LogP contribution in [-0.4, -0.2) is 12.1 Å². The Kier molecular flexibility index (Phi) is 4.35. The van der Waals surface area contributed by atoms with E-state index < -0.39 is 0 Å². The lowest BCUT2D eigenvalue weighted by Gasteiger charge is -2.21. The first-order chi connectivity index (χ1) is 10.9. The Morgan fingerprint density at radius 2 is 1.45 bits per heavy atom. The number of benzene rings is 2. The van der Waals surface area contributed by atoms with Gasteiger partial charge < -0.3 is 10.1 Å². The molecule has 3 rings (SSSR count). The molecule has 0 aliphatic heterocycles. The minimum Gasteiger partial charge on any atom is -0.497 e. The Bertz CT molecular complexity index is 697. The maximum absolute atomic E-state index is 5.24. The molecule has 0 aliphatic rings. The molecule has 0 spiro atoms. The normalized spacial score (nSPS) is 11.7.